The highest BCUT2D eigenvalue weighted by atomic mass is 19.1. The van der Waals surface area contributed by atoms with Crippen LogP contribution in [-0.2, 0) is 11.3 Å². The molecule has 0 aliphatic carbocycles. The van der Waals surface area contributed by atoms with Gasteiger partial charge >= 0.3 is 0 Å². The molecule has 1 amide bonds. The quantitative estimate of drug-likeness (QED) is 0.878. The van der Waals surface area contributed by atoms with Gasteiger partial charge in [0, 0.05) is 24.6 Å². The topological polar surface area (TPSA) is 55.1 Å². The summed E-state index contributed by atoms with van der Waals surface area (Å²) < 4.78 is 13.4. The number of amides is 1. The van der Waals surface area contributed by atoms with Gasteiger partial charge < -0.3 is 11.1 Å². The molecule has 2 aromatic rings. The van der Waals surface area contributed by atoms with Crippen molar-refractivity contribution in [2.75, 3.05) is 0 Å². The average molecular weight is 272 g/mol. The number of hydrogen-bond acceptors (Lipinski definition) is 2. The van der Waals surface area contributed by atoms with Crippen molar-refractivity contribution in [3.63, 3.8) is 0 Å². The number of benzene rings is 2. The Bertz CT molecular complexity index is 572. The van der Waals surface area contributed by atoms with Crippen molar-refractivity contribution in [3.05, 3.63) is 71.5 Å². The van der Waals surface area contributed by atoms with Crippen LogP contribution in [0.25, 0.3) is 0 Å². The second-order valence-electron chi connectivity index (χ2n) is 4.59. The van der Waals surface area contributed by atoms with E-state index in [2.05, 4.69) is 5.32 Å². The monoisotopic (exact) mass is 272 g/mol. The molecule has 4 heteroatoms. The Morgan fingerprint density at radius 2 is 1.75 bits per heavy atom. The molecule has 0 aliphatic rings. The van der Waals surface area contributed by atoms with Gasteiger partial charge in [-0.3, -0.25) is 4.79 Å². The van der Waals surface area contributed by atoms with Crippen LogP contribution in [-0.4, -0.2) is 5.91 Å². The van der Waals surface area contributed by atoms with Crippen LogP contribution in [0.4, 0.5) is 4.39 Å². The molecule has 0 heterocycles. The van der Waals surface area contributed by atoms with Crippen molar-refractivity contribution in [3.8, 4) is 0 Å². The molecule has 3 N–H and O–H groups in total. The lowest BCUT2D eigenvalue weighted by molar-refractivity contribution is -0.121. The highest BCUT2D eigenvalue weighted by Gasteiger charge is 2.11. The zero-order valence-corrected chi connectivity index (χ0v) is 11.1. The van der Waals surface area contributed by atoms with Gasteiger partial charge in [-0.2, -0.15) is 0 Å². The van der Waals surface area contributed by atoms with Crippen LogP contribution < -0.4 is 11.1 Å². The molecule has 0 radical (unpaired) electrons. The molecule has 0 bridgehead atoms. The lowest BCUT2D eigenvalue weighted by atomic mass is 10.0. The Balaban J connectivity index is 1.86. The Hall–Kier alpha value is -2.20. The van der Waals surface area contributed by atoms with Crippen molar-refractivity contribution >= 4 is 5.91 Å². The van der Waals surface area contributed by atoms with Gasteiger partial charge in [0.2, 0.25) is 5.91 Å². The van der Waals surface area contributed by atoms with E-state index in [4.69, 9.17) is 5.73 Å². The van der Waals surface area contributed by atoms with Crippen LogP contribution in [0.3, 0.4) is 0 Å². The summed E-state index contributed by atoms with van der Waals surface area (Å²) in [6.07, 6.45) is 0.179. The van der Waals surface area contributed by atoms with Gasteiger partial charge in [0.1, 0.15) is 5.82 Å². The molecule has 1 atom stereocenters. The third-order valence-electron chi connectivity index (χ3n) is 3.07. The summed E-state index contributed by atoms with van der Waals surface area (Å²) in [7, 11) is 0. The molecule has 0 aromatic heterocycles. The highest BCUT2D eigenvalue weighted by Crippen LogP contribution is 2.13. The standard InChI is InChI=1S/C16H17FN2O/c17-14-9-5-4-8-13(14)11-19-16(20)10-15(18)12-6-2-1-3-7-12/h1-9,15H,10-11,18H2,(H,19,20). The first-order valence-electron chi connectivity index (χ1n) is 6.47. The van der Waals surface area contributed by atoms with E-state index < -0.39 is 0 Å². The van der Waals surface area contributed by atoms with E-state index in [9.17, 15) is 9.18 Å². The second kappa shape index (κ2) is 6.82. The van der Waals surface area contributed by atoms with Gasteiger partial charge in [-0.25, -0.2) is 4.39 Å². The molecule has 0 saturated heterocycles. The summed E-state index contributed by atoms with van der Waals surface area (Å²) in [5.74, 6) is -0.509. The second-order valence-corrected chi connectivity index (χ2v) is 4.59. The molecule has 1 unspecified atom stereocenters. The maximum Gasteiger partial charge on any atom is 0.222 e. The van der Waals surface area contributed by atoms with Gasteiger partial charge in [0.25, 0.3) is 0 Å². The van der Waals surface area contributed by atoms with Gasteiger partial charge in [-0.1, -0.05) is 48.5 Å². The smallest absolute Gasteiger partial charge is 0.222 e. The lowest BCUT2D eigenvalue weighted by Crippen LogP contribution is -2.27. The minimum Gasteiger partial charge on any atom is -0.352 e. The molecule has 2 aromatic carbocycles. The Labute approximate surface area is 117 Å². The van der Waals surface area contributed by atoms with E-state index in [0.717, 1.165) is 5.56 Å². The predicted molar refractivity (Wildman–Crippen MR) is 76.2 cm³/mol. The van der Waals surface area contributed by atoms with Crippen molar-refractivity contribution < 1.29 is 9.18 Å². The largest absolute Gasteiger partial charge is 0.352 e. The van der Waals surface area contributed by atoms with E-state index in [-0.39, 0.29) is 30.7 Å². The molecule has 0 fully saturated rings. The summed E-state index contributed by atoms with van der Waals surface area (Å²) in [5.41, 5.74) is 7.34. The van der Waals surface area contributed by atoms with E-state index in [1.807, 2.05) is 30.3 Å². The number of halogens is 1. The lowest BCUT2D eigenvalue weighted by Gasteiger charge is -2.12. The average Bonchev–Trinajstić information content (AvgIpc) is 2.47. The normalized spacial score (nSPS) is 11.9. The summed E-state index contributed by atoms with van der Waals surface area (Å²) >= 11 is 0. The van der Waals surface area contributed by atoms with Gasteiger partial charge in [-0.15, -0.1) is 0 Å². The van der Waals surface area contributed by atoms with Crippen LogP contribution in [0.2, 0.25) is 0 Å². The fourth-order valence-corrected chi connectivity index (χ4v) is 1.93. The van der Waals surface area contributed by atoms with E-state index in [0.29, 0.717) is 5.56 Å². The molecule has 3 nitrogen and oxygen atoms in total. The maximum atomic E-state index is 13.4. The Kier molecular flexibility index (Phi) is 4.85. The zero-order chi connectivity index (χ0) is 14.4. The number of carbonyl (C=O) groups is 1. The molecular weight excluding hydrogens is 255 g/mol. The molecule has 0 aliphatic heterocycles. The molecule has 0 saturated carbocycles. The first-order chi connectivity index (χ1) is 9.66. The third-order valence-corrected chi connectivity index (χ3v) is 3.07. The third kappa shape index (κ3) is 3.90. The predicted octanol–water partition coefficient (Wildman–Crippen LogP) is 2.53. The van der Waals surface area contributed by atoms with Gasteiger partial charge in [0.05, 0.1) is 0 Å². The number of nitrogens with two attached hydrogens (primary N) is 1. The molecule has 104 valence electrons. The Morgan fingerprint density at radius 3 is 2.45 bits per heavy atom. The summed E-state index contributed by atoms with van der Waals surface area (Å²) in [4.78, 5) is 11.8. The van der Waals surface area contributed by atoms with E-state index in [1.165, 1.54) is 6.07 Å². The highest BCUT2D eigenvalue weighted by molar-refractivity contribution is 5.76. The van der Waals surface area contributed by atoms with Crippen LogP contribution in [0.5, 0.6) is 0 Å². The number of rotatable bonds is 5. The Morgan fingerprint density at radius 1 is 1.10 bits per heavy atom. The van der Waals surface area contributed by atoms with Crippen molar-refractivity contribution in [2.24, 2.45) is 5.73 Å². The fraction of sp³-hybridized carbons (Fsp3) is 0.188. The van der Waals surface area contributed by atoms with Crippen LogP contribution >= 0.6 is 0 Å². The van der Waals surface area contributed by atoms with Crippen molar-refractivity contribution in [1.29, 1.82) is 0 Å². The molecule has 2 rings (SSSR count). The van der Waals surface area contributed by atoms with E-state index >= 15 is 0 Å². The summed E-state index contributed by atoms with van der Waals surface area (Å²) in [6, 6.07) is 15.4. The minimum atomic E-state index is -0.350. The number of hydrogen-bond donors (Lipinski definition) is 2. The van der Waals surface area contributed by atoms with Crippen LogP contribution in [0, 0.1) is 5.82 Å². The molecule has 0 spiro atoms. The van der Waals surface area contributed by atoms with Crippen LogP contribution in [0.1, 0.15) is 23.6 Å². The maximum absolute atomic E-state index is 13.4. The first kappa shape index (κ1) is 14.2. The van der Waals surface area contributed by atoms with Crippen molar-refractivity contribution in [1.82, 2.24) is 5.32 Å². The summed E-state index contributed by atoms with van der Waals surface area (Å²) in [6.45, 7) is 0.174. The minimum absolute atomic E-state index is 0.174. The van der Waals surface area contributed by atoms with Crippen molar-refractivity contribution in [2.45, 2.75) is 19.0 Å². The molecule has 20 heavy (non-hydrogen) atoms. The number of carbonyl (C=O) groups excluding carboxylic acids is 1. The summed E-state index contributed by atoms with van der Waals surface area (Å²) in [5, 5.41) is 2.68. The van der Waals surface area contributed by atoms with E-state index in [1.54, 1.807) is 18.2 Å². The van der Waals surface area contributed by atoms with Gasteiger partial charge in [-0.05, 0) is 11.6 Å². The number of nitrogens with one attached hydrogen (secondary N) is 1. The van der Waals surface area contributed by atoms with Crippen LogP contribution in [0.15, 0.2) is 54.6 Å². The van der Waals surface area contributed by atoms with Gasteiger partial charge in [0.15, 0.2) is 0 Å². The zero-order valence-electron chi connectivity index (χ0n) is 11.1. The first-order valence-corrected chi connectivity index (χ1v) is 6.47. The fourth-order valence-electron chi connectivity index (χ4n) is 1.93. The SMILES string of the molecule is NC(CC(=O)NCc1ccccc1F)c1ccccc1. The molecular formula is C16H17FN2O.